The Morgan fingerprint density at radius 1 is 0.880 bits per heavy atom. The van der Waals surface area contributed by atoms with Gasteiger partial charge in [0.1, 0.15) is 5.76 Å². The van der Waals surface area contributed by atoms with E-state index in [0.717, 1.165) is 22.3 Å². The van der Waals surface area contributed by atoms with Gasteiger partial charge in [-0.15, -0.1) is 0 Å². The van der Waals surface area contributed by atoms with Gasteiger partial charge in [-0.2, -0.15) is 0 Å². The first kappa shape index (κ1) is 17.7. The molecular weight excluding hydrogens is 312 g/mol. The number of benzene rings is 2. The zero-order valence-corrected chi connectivity index (χ0v) is 15.5. The van der Waals surface area contributed by atoms with Crippen molar-refractivity contribution in [2.75, 3.05) is 7.11 Å². The van der Waals surface area contributed by atoms with Crippen LogP contribution < -0.4 is 0 Å². The quantitative estimate of drug-likeness (QED) is 0.876. The summed E-state index contributed by atoms with van der Waals surface area (Å²) in [6.45, 7) is 7.92. The molecule has 0 bridgehead atoms. The van der Waals surface area contributed by atoms with Gasteiger partial charge in [-0.3, -0.25) is 0 Å². The first-order valence-electron chi connectivity index (χ1n) is 8.66. The van der Waals surface area contributed by atoms with Crippen LogP contribution in [0.3, 0.4) is 0 Å². The minimum Gasteiger partial charge on any atom is -0.492 e. The summed E-state index contributed by atoms with van der Waals surface area (Å²) >= 11 is 0. The van der Waals surface area contributed by atoms with Crippen LogP contribution in [0.25, 0.3) is 0 Å². The van der Waals surface area contributed by atoms with Gasteiger partial charge in [0.15, 0.2) is 11.2 Å². The number of methoxy groups -OCH3 is 1. The third-order valence-corrected chi connectivity index (χ3v) is 5.02. The highest BCUT2D eigenvalue weighted by Crippen LogP contribution is 2.61. The molecule has 1 aliphatic carbocycles. The Bertz CT molecular complexity index is 777. The second kappa shape index (κ2) is 6.32. The Balaban J connectivity index is 2.25. The molecule has 0 spiro atoms. The molecule has 2 aromatic rings. The van der Waals surface area contributed by atoms with E-state index in [2.05, 4.69) is 0 Å². The molecule has 132 valence electrons. The number of ether oxygens (including phenoxy) is 2. The number of hydrogen-bond acceptors (Lipinski definition) is 3. The first-order valence-corrected chi connectivity index (χ1v) is 8.66. The molecule has 1 aliphatic rings. The van der Waals surface area contributed by atoms with Crippen molar-refractivity contribution in [2.45, 2.75) is 45.0 Å². The molecule has 3 rings (SSSR count). The molecule has 0 fully saturated rings. The van der Waals surface area contributed by atoms with Crippen molar-refractivity contribution in [3.8, 4) is 0 Å². The van der Waals surface area contributed by atoms with Gasteiger partial charge in [0.25, 0.3) is 0 Å². The summed E-state index contributed by atoms with van der Waals surface area (Å²) in [5, 5.41) is 11.8. The summed E-state index contributed by atoms with van der Waals surface area (Å²) in [6.07, 6.45) is -0.00903. The van der Waals surface area contributed by atoms with Crippen LogP contribution in [0.15, 0.2) is 65.9 Å². The fourth-order valence-corrected chi connectivity index (χ4v) is 3.79. The molecule has 2 unspecified atom stereocenters. The Labute approximate surface area is 149 Å². The van der Waals surface area contributed by atoms with E-state index < -0.39 is 11.2 Å². The molecule has 2 atom stereocenters. The molecule has 1 N–H and O–H groups in total. The molecule has 0 radical (unpaired) electrons. The summed E-state index contributed by atoms with van der Waals surface area (Å²) in [6, 6.07) is 17.7. The van der Waals surface area contributed by atoms with Gasteiger partial charge >= 0.3 is 0 Å². The predicted octanol–water partition coefficient (Wildman–Crippen LogP) is 4.44. The lowest BCUT2D eigenvalue weighted by molar-refractivity contribution is -0.202. The van der Waals surface area contributed by atoms with Crippen molar-refractivity contribution in [2.24, 2.45) is 0 Å². The van der Waals surface area contributed by atoms with E-state index in [0.29, 0.717) is 5.76 Å². The summed E-state index contributed by atoms with van der Waals surface area (Å²) in [7, 11) is 1.63. The molecule has 0 saturated heterocycles. The van der Waals surface area contributed by atoms with E-state index in [9.17, 15) is 5.11 Å². The standard InChI is InChI=1S/C22H26O3/c1-15(2)25-20-17(4)21(23,18-9-7-6-8-10-18)22(20,24-5)19-13-11-16(3)12-14-19/h6-15,23H,1-5H3. The Hall–Kier alpha value is -2.10. The maximum atomic E-state index is 11.8. The van der Waals surface area contributed by atoms with Crippen molar-refractivity contribution < 1.29 is 14.6 Å². The lowest BCUT2D eigenvalue weighted by Gasteiger charge is -2.56. The summed E-state index contributed by atoms with van der Waals surface area (Å²) in [5.41, 5.74) is 1.29. The first-order chi connectivity index (χ1) is 11.9. The topological polar surface area (TPSA) is 38.7 Å². The Morgan fingerprint density at radius 3 is 2.00 bits per heavy atom. The average Bonchev–Trinajstić information content (AvgIpc) is 2.62. The van der Waals surface area contributed by atoms with Crippen molar-refractivity contribution in [1.82, 2.24) is 0 Å². The van der Waals surface area contributed by atoms with Crippen LogP contribution in [0.1, 0.15) is 37.5 Å². The van der Waals surface area contributed by atoms with Crippen LogP contribution >= 0.6 is 0 Å². The van der Waals surface area contributed by atoms with Gasteiger partial charge in [-0.25, -0.2) is 0 Å². The second-order valence-corrected chi connectivity index (χ2v) is 6.95. The van der Waals surface area contributed by atoms with Crippen molar-refractivity contribution >= 4 is 0 Å². The summed E-state index contributed by atoms with van der Waals surface area (Å²) < 4.78 is 12.1. The monoisotopic (exact) mass is 338 g/mol. The second-order valence-electron chi connectivity index (χ2n) is 6.95. The zero-order valence-electron chi connectivity index (χ0n) is 15.5. The zero-order chi connectivity index (χ0) is 18.2. The lowest BCUT2D eigenvalue weighted by atomic mass is 9.59. The van der Waals surface area contributed by atoms with Crippen LogP contribution in [0.5, 0.6) is 0 Å². The highest BCUT2D eigenvalue weighted by Gasteiger charge is 2.67. The Kier molecular flexibility index (Phi) is 4.48. The molecule has 3 nitrogen and oxygen atoms in total. The van der Waals surface area contributed by atoms with E-state index >= 15 is 0 Å². The van der Waals surface area contributed by atoms with Gasteiger partial charge in [0, 0.05) is 12.7 Å². The fourth-order valence-electron chi connectivity index (χ4n) is 3.79. The molecule has 0 aromatic heterocycles. The molecule has 0 amide bonds. The van der Waals surface area contributed by atoms with Crippen LogP contribution in [0, 0.1) is 6.92 Å². The molecule has 0 aliphatic heterocycles. The van der Waals surface area contributed by atoms with Gasteiger partial charge in [0.05, 0.1) is 6.10 Å². The van der Waals surface area contributed by atoms with Crippen molar-refractivity contribution in [1.29, 1.82) is 0 Å². The van der Waals surface area contributed by atoms with E-state index in [1.807, 2.05) is 82.3 Å². The molecule has 0 heterocycles. The predicted molar refractivity (Wildman–Crippen MR) is 99.1 cm³/mol. The molecular formula is C22H26O3. The highest BCUT2D eigenvalue weighted by molar-refractivity contribution is 5.56. The van der Waals surface area contributed by atoms with Gasteiger partial charge in [0.2, 0.25) is 0 Å². The summed E-state index contributed by atoms with van der Waals surface area (Å²) in [4.78, 5) is 0. The van der Waals surface area contributed by atoms with Crippen LogP contribution in [-0.4, -0.2) is 18.3 Å². The number of rotatable bonds is 5. The Morgan fingerprint density at radius 2 is 1.48 bits per heavy atom. The van der Waals surface area contributed by atoms with Crippen molar-refractivity contribution in [3.05, 3.63) is 82.6 Å². The SMILES string of the molecule is COC1(c2ccc(C)cc2)C(OC(C)C)=C(C)C1(O)c1ccccc1. The third-order valence-electron chi connectivity index (χ3n) is 5.02. The molecule has 0 saturated carbocycles. The van der Waals surface area contributed by atoms with E-state index in [1.165, 1.54) is 0 Å². The molecule has 2 aromatic carbocycles. The lowest BCUT2D eigenvalue weighted by Crippen LogP contribution is -2.61. The van der Waals surface area contributed by atoms with Gasteiger partial charge in [-0.05, 0) is 38.8 Å². The van der Waals surface area contributed by atoms with E-state index in [4.69, 9.17) is 9.47 Å². The van der Waals surface area contributed by atoms with Crippen LogP contribution in [0.2, 0.25) is 0 Å². The molecule has 25 heavy (non-hydrogen) atoms. The van der Waals surface area contributed by atoms with E-state index in [1.54, 1.807) is 7.11 Å². The number of aliphatic hydroxyl groups is 1. The largest absolute Gasteiger partial charge is 0.492 e. The smallest absolute Gasteiger partial charge is 0.186 e. The number of hydrogen-bond donors (Lipinski definition) is 1. The summed E-state index contributed by atoms with van der Waals surface area (Å²) in [5.74, 6) is 0.695. The van der Waals surface area contributed by atoms with Gasteiger partial charge < -0.3 is 14.6 Å². The highest BCUT2D eigenvalue weighted by atomic mass is 16.6. The maximum Gasteiger partial charge on any atom is 0.186 e. The van der Waals surface area contributed by atoms with E-state index in [-0.39, 0.29) is 6.10 Å². The molecule has 3 heteroatoms. The fraction of sp³-hybridized carbons (Fsp3) is 0.364. The normalized spacial score (nSPS) is 25.9. The average molecular weight is 338 g/mol. The van der Waals surface area contributed by atoms with Crippen LogP contribution in [0.4, 0.5) is 0 Å². The van der Waals surface area contributed by atoms with Crippen LogP contribution in [-0.2, 0) is 20.7 Å². The third kappa shape index (κ3) is 2.42. The van der Waals surface area contributed by atoms with Crippen molar-refractivity contribution in [3.63, 3.8) is 0 Å². The number of aryl methyl sites for hydroxylation is 1. The van der Waals surface area contributed by atoms with Gasteiger partial charge in [-0.1, -0.05) is 60.2 Å². The minimum atomic E-state index is -1.28. The minimum absolute atomic E-state index is 0.00903. The maximum absolute atomic E-state index is 11.8.